The van der Waals surface area contributed by atoms with Gasteiger partial charge in [0.05, 0.1) is 17.5 Å². The average Bonchev–Trinajstić information content (AvgIpc) is 3.06. The zero-order chi connectivity index (χ0) is 15.3. The highest BCUT2D eigenvalue weighted by molar-refractivity contribution is 7.10. The van der Waals surface area contributed by atoms with Crippen LogP contribution in [0.4, 0.5) is 0 Å². The zero-order valence-electron chi connectivity index (χ0n) is 11.9. The molecule has 3 aromatic rings. The molecule has 0 aliphatic carbocycles. The topological polar surface area (TPSA) is 48.3 Å². The smallest absolute Gasteiger partial charge is 0.312 e. The van der Waals surface area contributed by atoms with Crippen LogP contribution in [0.15, 0.2) is 46.6 Å². The van der Waals surface area contributed by atoms with Crippen molar-refractivity contribution in [1.29, 1.82) is 0 Å². The number of nitrogens with zero attached hydrogens (tertiary/aromatic N) is 1. The first-order chi connectivity index (χ1) is 10.7. The van der Waals surface area contributed by atoms with E-state index in [9.17, 15) is 9.59 Å². The largest absolute Gasteiger partial charge is 0.425 e. The lowest BCUT2D eigenvalue weighted by atomic mass is 9.91. The molecule has 0 saturated heterocycles. The van der Waals surface area contributed by atoms with Gasteiger partial charge in [0.2, 0.25) is 0 Å². The number of fused-ring (bicyclic) bond motifs is 3. The molecule has 2 aromatic heterocycles. The second-order valence-electron chi connectivity index (χ2n) is 5.37. The van der Waals surface area contributed by atoms with Gasteiger partial charge in [0.15, 0.2) is 0 Å². The van der Waals surface area contributed by atoms with Crippen molar-refractivity contribution >= 4 is 28.2 Å². The molecule has 3 heterocycles. The van der Waals surface area contributed by atoms with E-state index in [0.717, 1.165) is 15.8 Å². The Bertz CT molecular complexity index is 940. The molecule has 0 saturated carbocycles. The predicted octanol–water partition coefficient (Wildman–Crippen LogP) is 3.04. The van der Waals surface area contributed by atoms with E-state index in [2.05, 4.69) is 0 Å². The number of benzene rings is 1. The van der Waals surface area contributed by atoms with E-state index in [1.165, 1.54) is 0 Å². The van der Waals surface area contributed by atoms with Gasteiger partial charge in [-0.15, -0.1) is 11.3 Å². The van der Waals surface area contributed by atoms with Gasteiger partial charge in [0.25, 0.3) is 5.56 Å². The van der Waals surface area contributed by atoms with Gasteiger partial charge in [-0.2, -0.15) is 0 Å². The van der Waals surface area contributed by atoms with Crippen molar-refractivity contribution in [2.45, 2.75) is 12.3 Å². The zero-order valence-corrected chi connectivity index (χ0v) is 12.7. The Morgan fingerprint density at radius 2 is 2.00 bits per heavy atom. The van der Waals surface area contributed by atoms with Crippen molar-refractivity contribution in [3.8, 4) is 5.75 Å². The van der Waals surface area contributed by atoms with E-state index in [1.54, 1.807) is 23.0 Å². The summed E-state index contributed by atoms with van der Waals surface area (Å²) in [6.07, 6.45) is 0.209. The maximum absolute atomic E-state index is 12.8. The van der Waals surface area contributed by atoms with Gasteiger partial charge in [-0.1, -0.05) is 18.2 Å². The van der Waals surface area contributed by atoms with Crippen LogP contribution in [-0.2, 0) is 11.8 Å². The maximum Gasteiger partial charge on any atom is 0.312 e. The molecule has 0 fully saturated rings. The minimum Gasteiger partial charge on any atom is -0.425 e. The van der Waals surface area contributed by atoms with E-state index in [1.807, 2.05) is 41.8 Å². The summed E-state index contributed by atoms with van der Waals surface area (Å²) in [6.45, 7) is 0. The molecule has 0 spiro atoms. The number of esters is 1. The van der Waals surface area contributed by atoms with Gasteiger partial charge in [-0.3, -0.25) is 9.59 Å². The molecule has 4 nitrogen and oxygen atoms in total. The Balaban J connectivity index is 2.11. The quantitative estimate of drug-likeness (QED) is 0.649. The number of thiophene rings is 1. The lowest BCUT2D eigenvalue weighted by Crippen LogP contribution is -2.31. The third kappa shape index (κ3) is 1.82. The molecule has 0 amide bonds. The van der Waals surface area contributed by atoms with Gasteiger partial charge in [0, 0.05) is 23.2 Å². The Kier molecular flexibility index (Phi) is 2.90. The van der Waals surface area contributed by atoms with Crippen LogP contribution in [0.5, 0.6) is 5.75 Å². The number of pyridine rings is 1. The molecule has 0 N–H and O–H groups in total. The molecule has 1 aliphatic rings. The molecule has 5 heteroatoms. The summed E-state index contributed by atoms with van der Waals surface area (Å²) in [6, 6.07) is 11.4. The molecule has 1 aromatic carbocycles. The van der Waals surface area contributed by atoms with Crippen LogP contribution in [0.1, 0.15) is 22.8 Å². The van der Waals surface area contributed by atoms with Crippen LogP contribution in [-0.4, -0.2) is 10.5 Å². The highest BCUT2D eigenvalue weighted by Crippen LogP contribution is 2.41. The van der Waals surface area contributed by atoms with Gasteiger partial charge in [0.1, 0.15) is 5.75 Å². The first kappa shape index (κ1) is 13.3. The summed E-state index contributed by atoms with van der Waals surface area (Å²) >= 11 is 1.56. The summed E-state index contributed by atoms with van der Waals surface area (Å²) in [5, 5.41) is 2.76. The average molecular weight is 311 g/mol. The minimum absolute atomic E-state index is 0.0976. The van der Waals surface area contributed by atoms with Crippen LogP contribution in [0.2, 0.25) is 0 Å². The fraction of sp³-hybridized carbons (Fsp3) is 0.176. The van der Waals surface area contributed by atoms with Crippen LogP contribution in [0, 0.1) is 0 Å². The van der Waals surface area contributed by atoms with Crippen molar-refractivity contribution in [1.82, 2.24) is 4.57 Å². The van der Waals surface area contributed by atoms with E-state index >= 15 is 0 Å². The van der Waals surface area contributed by atoms with Gasteiger partial charge in [-0.05, 0) is 23.6 Å². The molecule has 0 bridgehead atoms. The second kappa shape index (κ2) is 4.81. The first-order valence-corrected chi connectivity index (χ1v) is 7.90. The van der Waals surface area contributed by atoms with Gasteiger partial charge < -0.3 is 9.30 Å². The maximum atomic E-state index is 12.8. The number of aryl methyl sites for hydroxylation is 1. The molecule has 110 valence electrons. The summed E-state index contributed by atoms with van der Waals surface area (Å²) in [7, 11) is 1.76. The van der Waals surface area contributed by atoms with Gasteiger partial charge >= 0.3 is 5.97 Å². The van der Waals surface area contributed by atoms with E-state index < -0.39 is 0 Å². The predicted molar refractivity (Wildman–Crippen MR) is 85.6 cm³/mol. The fourth-order valence-electron chi connectivity index (χ4n) is 3.06. The Morgan fingerprint density at radius 3 is 2.77 bits per heavy atom. The number of hydrogen-bond donors (Lipinski definition) is 0. The fourth-order valence-corrected chi connectivity index (χ4v) is 3.90. The van der Waals surface area contributed by atoms with Crippen molar-refractivity contribution < 1.29 is 9.53 Å². The monoisotopic (exact) mass is 311 g/mol. The van der Waals surface area contributed by atoms with E-state index in [-0.39, 0.29) is 23.9 Å². The number of aromatic nitrogens is 1. The third-order valence-electron chi connectivity index (χ3n) is 4.11. The van der Waals surface area contributed by atoms with E-state index in [0.29, 0.717) is 11.3 Å². The van der Waals surface area contributed by atoms with Crippen molar-refractivity contribution in [2.75, 3.05) is 0 Å². The molecule has 1 atom stereocenters. The molecular formula is C17H13NO3S. The van der Waals surface area contributed by atoms with E-state index in [4.69, 9.17) is 4.74 Å². The molecule has 0 unspecified atom stereocenters. The lowest BCUT2D eigenvalue weighted by Gasteiger charge is -2.25. The normalized spacial score (nSPS) is 17.3. The number of ether oxygens (including phenoxy) is 1. The number of para-hydroxylation sites is 1. The highest BCUT2D eigenvalue weighted by Gasteiger charge is 2.33. The molecule has 1 aliphatic heterocycles. The van der Waals surface area contributed by atoms with Gasteiger partial charge in [-0.25, -0.2) is 0 Å². The standard InChI is InChI=1S/C17H13NO3S/c1-18-12-6-3-2-5-10(12)16-15(17(18)20)11(9-14(19)21-16)13-7-4-8-22-13/h2-8,11H,9H2,1H3/t11-/m0/s1. The van der Waals surface area contributed by atoms with Crippen molar-refractivity contribution in [3.05, 3.63) is 62.6 Å². The highest BCUT2D eigenvalue weighted by atomic mass is 32.1. The lowest BCUT2D eigenvalue weighted by molar-refractivity contribution is -0.135. The summed E-state index contributed by atoms with van der Waals surface area (Å²) in [5.41, 5.74) is 1.26. The first-order valence-electron chi connectivity index (χ1n) is 7.02. The molecule has 22 heavy (non-hydrogen) atoms. The number of hydrogen-bond acceptors (Lipinski definition) is 4. The summed E-state index contributed by atoms with van der Waals surface area (Å²) in [5.74, 6) is -0.0859. The van der Waals surface area contributed by atoms with Crippen LogP contribution in [0.25, 0.3) is 10.9 Å². The number of carbonyl (C=O) groups excluding carboxylic acids is 1. The third-order valence-corrected chi connectivity index (χ3v) is 5.10. The van der Waals surface area contributed by atoms with Crippen LogP contribution < -0.4 is 10.3 Å². The van der Waals surface area contributed by atoms with Crippen LogP contribution in [0.3, 0.4) is 0 Å². The Morgan fingerprint density at radius 1 is 1.18 bits per heavy atom. The van der Waals surface area contributed by atoms with Crippen molar-refractivity contribution in [2.24, 2.45) is 7.05 Å². The van der Waals surface area contributed by atoms with Crippen LogP contribution >= 0.6 is 11.3 Å². The SMILES string of the molecule is Cn1c(=O)c2c(c3ccccc31)OC(=O)C[C@H]2c1cccs1. The van der Waals surface area contributed by atoms with Crippen molar-refractivity contribution in [3.63, 3.8) is 0 Å². The molecular weight excluding hydrogens is 298 g/mol. The summed E-state index contributed by atoms with van der Waals surface area (Å²) < 4.78 is 7.09. The second-order valence-corrected chi connectivity index (χ2v) is 6.35. The minimum atomic E-state index is -0.288. The Labute approximate surface area is 130 Å². The number of carbonyl (C=O) groups is 1. The number of rotatable bonds is 1. The summed E-state index contributed by atoms with van der Waals surface area (Å²) in [4.78, 5) is 25.9. The molecule has 4 rings (SSSR count). The Hall–Kier alpha value is -2.40. The molecule has 0 radical (unpaired) electrons.